The summed E-state index contributed by atoms with van der Waals surface area (Å²) < 4.78 is 4.82. The minimum Gasteiger partial charge on any atom is -0.508 e. The van der Waals surface area contributed by atoms with E-state index in [2.05, 4.69) is 5.32 Å². The molecule has 1 heterocycles. The summed E-state index contributed by atoms with van der Waals surface area (Å²) in [6.07, 6.45) is 1.74. The minimum absolute atomic E-state index is 0.155. The van der Waals surface area contributed by atoms with Crippen LogP contribution in [0.15, 0.2) is 24.3 Å². The summed E-state index contributed by atoms with van der Waals surface area (Å²) in [5.41, 5.74) is 0.766. The third kappa shape index (κ3) is 2.42. The van der Waals surface area contributed by atoms with E-state index < -0.39 is 0 Å². The van der Waals surface area contributed by atoms with Crippen LogP contribution in [0.2, 0.25) is 0 Å². The molecular formula is C13H17NO3. The van der Waals surface area contributed by atoms with Gasteiger partial charge in [-0.15, -0.1) is 0 Å². The van der Waals surface area contributed by atoms with E-state index in [1.54, 1.807) is 12.1 Å². The van der Waals surface area contributed by atoms with E-state index in [1.165, 1.54) is 7.11 Å². The Hall–Kier alpha value is -1.55. The van der Waals surface area contributed by atoms with Crippen molar-refractivity contribution in [3.8, 4) is 5.75 Å². The van der Waals surface area contributed by atoms with Gasteiger partial charge in [0.1, 0.15) is 5.75 Å². The molecule has 1 aromatic rings. The van der Waals surface area contributed by atoms with Gasteiger partial charge in [0.15, 0.2) is 0 Å². The number of piperidine rings is 1. The first kappa shape index (κ1) is 11.9. The van der Waals surface area contributed by atoms with Crippen LogP contribution in [0.5, 0.6) is 5.75 Å². The Morgan fingerprint density at radius 1 is 1.47 bits per heavy atom. The molecular weight excluding hydrogens is 218 g/mol. The first-order chi connectivity index (χ1) is 8.24. The predicted molar refractivity (Wildman–Crippen MR) is 63.6 cm³/mol. The largest absolute Gasteiger partial charge is 0.508 e. The normalized spacial score (nSPS) is 24.3. The molecule has 2 unspecified atom stereocenters. The zero-order valence-corrected chi connectivity index (χ0v) is 9.85. The van der Waals surface area contributed by atoms with Crippen LogP contribution >= 0.6 is 0 Å². The van der Waals surface area contributed by atoms with Crippen LogP contribution < -0.4 is 5.32 Å². The molecule has 0 radical (unpaired) electrons. The number of benzene rings is 1. The number of aromatic hydroxyl groups is 1. The lowest BCUT2D eigenvalue weighted by atomic mass is 9.86. The monoisotopic (exact) mass is 235 g/mol. The fourth-order valence-corrected chi connectivity index (χ4v) is 2.37. The van der Waals surface area contributed by atoms with Crippen LogP contribution in [0.25, 0.3) is 0 Å². The summed E-state index contributed by atoms with van der Waals surface area (Å²) in [7, 11) is 1.40. The molecule has 0 bridgehead atoms. The van der Waals surface area contributed by atoms with E-state index in [-0.39, 0.29) is 23.7 Å². The summed E-state index contributed by atoms with van der Waals surface area (Å²) in [6.45, 7) is 0.854. The number of nitrogens with one attached hydrogen (secondary N) is 1. The summed E-state index contributed by atoms with van der Waals surface area (Å²) in [6, 6.07) is 6.96. The van der Waals surface area contributed by atoms with Gasteiger partial charge in [0, 0.05) is 11.6 Å². The molecule has 0 spiro atoms. The minimum atomic E-state index is -0.220. The molecule has 1 aliphatic rings. The van der Waals surface area contributed by atoms with Crippen molar-refractivity contribution in [2.45, 2.75) is 18.9 Å². The Morgan fingerprint density at radius 3 is 2.94 bits per heavy atom. The molecule has 1 aliphatic heterocycles. The lowest BCUT2D eigenvalue weighted by Crippen LogP contribution is -2.38. The van der Waals surface area contributed by atoms with Gasteiger partial charge in [-0.05, 0) is 25.5 Å². The smallest absolute Gasteiger partial charge is 0.310 e. The molecule has 92 valence electrons. The first-order valence-electron chi connectivity index (χ1n) is 5.83. The van der Waals surface area contributed by atoms with Crippen molar-refractivity contribution in [3.63, 3.8) is 0 Å². The van der Waals surface area contributed by atoms with Crippen molar-refractivity contribution < 1.29 is 14.6 Å². The molecule has 1 saturated heterocycles. The first-order valence-corrected chi connectivity index (χ1v) is 5.83. The Kier molecular flexibility index (Phi) is 3.64. The molecule has 1 aromatic carbocycles. The Bertz CT molecular complexity index is 405. The molecule has 2 rings (SSSR count). The van der Waals surface area contributed by atoms with Crippen molar-refractivity contribution in [2.24, 2.45) is 5.92 Å². The average Bonchev–Trinajstić information content (AvgIpc) is 2.38. The zero-order chi connectivity index (χ0) is 12.3. The molecule has 0 amide bonds. The van der Waals surface area contributed by atoms with Crippen molar-refractivity contribution in [3.05, 3.63) is 29.8 Å². The molecule has 1 fully saturated rings. The maximum absolute atomic E-state index is 11.7. The number of phenolic OH excluding ortho intramolecular Hbond substituents is 1. The maximum atomic E-state index is 11.7. The van der Waals surface area contributed by atoms with Crippen LogP contribution in [0.3, 0.4) is 0 Å². The highest BCUT2D eigenvalue weighted by Crippen LogP contribution is 2.34. The summed E-state index contributed by atoms with van der Waals surface area (Å²) >= 11 is 0. The number of phenols is 1. The molecule has 0 saturated carbocycles. The lowest BCUT2D eigenvalue weighted by molar-refractivity contribution is -0.147. The number of hydrogen-bond acceptors (Lipinski definition) is 4. The van der Waals surface area contributed by atoms with Gasteiger partial charge in [0.05, 0.1) is 13.0 Å². The SMILES string of the molecule is COC(=O)C1CCCNC1c1ccccc1O. The van der Waals surface area contributed by atoms with Gasteiger partial charge in [0.2, 0.25) is 0 Å². The van der Waals surface area contributed by atoms with E-state index in [0.29, 0.717) is 0 Å². The van der Waals surface area contributed by atoms with E-state index in [0.717, 1.165) is 24.9 Å². The van der Waals surface area contributed by atoms with Gasteiger partial charge in [0.25, 0.3) is 0 Å². The standard InChI is InChI=1S/C13H17NO3/c1-17-13(16)10-6-4-8-14-12(10)9-5-2-3-7-11(9)15/h2-3,5,7,10,12,14-15H,4,6,8H2,1H3. The van der Waals surface area contributed by atoms with Gasteiger partial charge < -0.3 is 15.2 Å². The van der Waals surface area contributed by atoms with Gasteiger partial charge in [-0.25, -0.2) is 0 Å². The van der Waals surface area contributed by atoms with E-state index in [1.807, 2.05) is 12.1 Å². The van der Waals surface area contributed by atoms with E-state index in [4.69, 9.17) is 4.74 Å². The second-order valence-electron chi connectivity index (χ2n) is 4.26. The third-order valence-electron chi connectivity index (χ3n) is 3.23. The number of carbonyl (C=O) groups is 1. The second kappa shape index (κ2) is 5.19. The Balaban J connectivity index is 2.28. The second-order valence-corrected chi connectivity index (χ2v) is 4.26. The zero-order valence-electron chi connectivity index (χ0n) is 9.85. The number of ether oxygens (including phenoxy) is 1. The summed E-state index contributed by atoms with van der Waals surface area (Å²) in [4.78, 5) is 11.7. The fourth-order valence-electron chi connectivity index (χ4n) is 2.37. The van der Waals surface area contributed by atoms with Gasteiger partial charge in [-0.3, -0.25) is 4.79 Å². The van der Waals surface area contributed by atoms with E-state index in [9.17, 15) is 9.90 Å². The average molecular weight is 235 g/mol. The number of methoxy groups -OCH3 is 1. The molecule has 0 aromatic heterocycles. The Morgan fingerprint density at radius 2 is 2.24 bits per heavy atom. The van der Waals surface area contributed by atoms with Gasteiger partial charge in [-0.1, -0.05) is 18.2 Å². The third-order valence-corrected chi connectivity index (χ3v) is 3.23. The highest BCUT2D eigenvalue weighted by molar-refractivity contribution is 5.73. The number of carbonyl (C=O) groups excluding carboxylic acids is 1. The molecule has 17 heavy (non-hydrogen) atoms. The molecule has 0 aliphatic carbocycles. The molecule has 2 atom stereocenters. The van der Waals surface area contributed by atoms with Crippen LogP contribution in [-0.4, -0.2) is 24.7 Å². The van der Waals surface area contributed by atoms with Crippen LogP contribution in [0.1, 0.15) is 24.4 Å². The Labute approximate surface area is 101 Å². The highest BCUT2D eigenvalue weighted by atomic mass is 16.5. The molecule has 4 nitrogen and oxygen atoms in total. The van der Waals surface area contributed by atoms with Crippen molar-refractivity contribution in [1.29, 1.82) is 0 Å². The molecule has 4 heteroatoms. The maximum Gasteiger partial charge on any atom is 0.310 e. The summed E-state index contributed by atoms with van der Waals surface area (Å²) in [5.74, 6) is -0.215. The van der Waals surface area contributed by atoms with Crippen molar-refractivity contribution in [1.82, 2.24) is 5.32 Å². The van der Waals surface area contributed by atoms with Crippen LogP contribution in [0.4, 0.5) is 0 Å². The fraction of sp³-hybridized carbons (Fsp3) is 0.462. The quantitative estimate of drug-likeness (QED) is 0.764. The number of para-hydroxylation sites is 1. The topological polar surface area (TPSA) is 58.6 Å². The number of rotatable bonds is 2. The lowest BCUT2D eigenvalue weighted by Gasteiger charge is -2.31. The molecule has 2 N–H and O–H groups in total. The van der Waals surface area contributed by atoms with Crippen LogP contribution in [0, 0.1) is 5.92 Å². The highest BCUT2D eigenvalue weighted by Gasteiger charge is 2.33. The predicted octanol–water partition coefficient (Wildman–Crippen LogP) is 1.61. The summed E-state index contributed by atoms with van der Waals surface area (Å²) in [5, 5.41) is 13.1. The van der Waals surface area contributed by atoms with E-state index >= 15 is 0 Å². The van der Waals surface area contributed by atoms with Gasteiger partial charge in [-0.2, -0.15) is 0 Å². The number of esters is 1. The van der Waals surface area contributed by atoms with Crippen LogP contribution in [-0.2, 0) is 9.53 Å². The number of hydrogen-bond donors (Lipinski definition) is 2. The van der Waals surface area contributed by atoms with Crippen molar-refractivity contribution in [2.75, 3.05) is 13.7 Å². The van der Waals surface area contributed by atoms with Gasteiger partial charge >= 0.3 is 5.97 Å². The van der Waals surface area contributed by atoms with Crippen molar-refractivity contribution >= 4 is 5.97 Å².